The van der Waals surface area contributed by atoms with Crippen LogP contribution in [0.25, 0.3) is 5.69 Å². The standard InChI is InChI=1S/C12H11BrN2O/c1-8-5-10(14)7-12(16)15(8)11-4-2-3-9(13)6-11/h2-7H,14H2,1H3. The van der Waals surface area contributed by atoms with E-state index in [2.05, 4.69) is 15.9 Å². The molecule has 1 heterocycles. The number of hydrogen-bond donors (Lipinski definition) is 1. The molecule has 0 amide bonds. The fourth-order valence-electron chi connectivity index (χ4n) is 1.67. The highest BCUT2D eigenvalue weighted by Gasteiger charge is 2.04. The number of nitrogens with zero attached hydrogens (tertiary/aromatic N) is 1. The first kappa shape index (κ1) is 11.0. The summed E-state index contributed by atoms with van der Waals surface area (Å²) in [4.78, 5) is 11.8. The number of anilines is 1. The number of aromatic nitrogens is 1. The summed E-state index contributed by atoms with van der Waals surface area (Å²) in [6, 6.07) is 10.8. The van der Waals surface area contributed by atoms with Gasteiger partial charge >= 0.3 is 0 Å². The molecule has 0 bridgehead atoms. The van der Waals surface area contributed by atoms with E-state index >= 15 is 0 Å². The van der Waals surface area contributed by atoms with E-state index in [1.807, 2.05) is 31.2 Å². The van der Waals surface area contributed by atoms with E-state index in [0.29, 0.717) is 5.69 Å². The molecule has 2 rings (SSSR count). The molecule has 3 nitrogen and oxygen atoms in total. The van der Waals surface area contributed by atoms with Crippen molar-refractivity contribution in [2.45, 2.75) is 6.92 Å². The molecule has 0 fully saturated rings. The van der Waals surface area contributed by atoms with Crippen molar-refractivity contribution in [3.63, 3.8) is 0 Å². The Labute approximate surface area is 102 Å². The summed E-state index contributed by atoms with van der Waals surface area (Å²) >= 11 is 3.38. The Kier molecular flexibility index (Phi) is 2.83. The average molecular weight is 279 g/mol. The maximum atomic E-state index is 11.8. The molecule has 0 aliphatic carbocycles. The van der Waals surface area contributed by atoms with Crippen LogP contribution in [0.5, 0.6) is 0 Å². The van der Waals surface area contributed by atoms with Crippen molar-refractivity contribution in [2.24, 2.45) is 0 Å². The van der Waals surface area contributed by atoms with Gasteiger partial charge in [-0.25, -0.2) is 0 Å². The third-order valence-electron chi connectivity index (χ3n) is 2.31. The van der Waals surface area contributed by atoms with Gasteiger partial charge in [0, 0.05) is 27.6 Å². The van der Waals surface area contributed by atoms with Crippen LogP contribution in [0, 0.1) is 6.92 Å². The molecular formula is C12H11BrN2O. The molecule has 1 aromatic carbocycles. The number of nitrogens with two attached hydrogens (primary N) is 1. The monoisotopic (exact) mass is 278 g/mol. The van der Waals surface area contributed by atoms with Crippen molar-refractivity contribution < 1.29 is 0 Å². The minimum Gasteiger partial charge on any atom is -0.399 e. The number of benzene rings is 1. The van der Waals surface area contributed by atoms with Gasteiger partial charge in [0.15, 0.2) is 0 Å². The Balaban J connectivity index is 2.70. The summed E-state index contributed by atoms with van der Waals surface area (Å²) in [5.74, 6) is 0. The SMILES string of the molecule is Cc1cc(N)cc(=O)n1-c1cccc(Br)c1. The van der Waals surface area contributed by atoms with Crippen LogP contribution in [0.4, 0.5) is 5.69 Å². The Bertz CT molecular complexity index is 590. The van der Waals surface area contributed by atoms with Crippen LogP contribution < -0.4 is 11.3 Å². The topological polar surface area (TPSA) is 48.0 Å². The van der Waals surface area contributed by atoms with E-state index in [4.69, 9.17) is 5.73 Å². The van der Waals surface area contributed by atoms with Crippen LogP contribution in [0.1, 0.15) is 5.69 Å². The van der Waals surface area contributed by atoms with Crippen LogP contribution in [0.3, 0.4) is 0 Å². The van der Waals surface area contributed by atoms with Crippen molar-refractivity contribution in [3.8, 4) is 5.69 Å². The predicted octanol–water partition coefficient (Wildman–Crippen LogP) is 2.49. The summed E-state index contributed by atoms with van der Waals surface area (Å²) in [5.41, 5.74) is 7.65. The molecule has 0 aliphatic heterocycles. The van der Waals surface area contributed by atoms with Gasteiger partial charge in [-0.05, 0) is 31.2 Å². The molecule has 0 atom stereocenters. The second kappa shape index (κ2) is 4.14. The molecule has 0 radical (unpaired) electrons. The minimum atomic E-state index is -0.115. The molecule has 1 aromatic heterocycles. The molecule has 0 unspecified atom stereocenters. The zero-order valence-corrected chi connectivity index (χ0v) is 10.4. The van der Waals surface area contributed by atoms with E-state index in [0.717, 1.165) is 15.9 Å². The zero-order valence-electron chi connectivity index (χ0n) is 8.77. The molecule has 0 saturated carbocycles. The van der Waals surface area contributed by atoms with Crippen LogP contribution in [0.2, 0.25) is 0 Å². The molecule has 2 aromatic rings. The Morgan fingerprint density at radius 2 is 2.00 bits per heavy atom. The van der Waals surface area contributed by atoms with Gasteiger partial charge in [0.05, 0.1) is 0 Å². The lowest BCUT2D eigenvalue weighted by atomic mass is 10.2. The normalized spacial score (nSPS) is 10.4. The van der Waals surface area contributed by atoms with Gasteiger partial charge in [-0.2, -0.15) is 0 Å². The van der Waals surface area contributed by atoms with Crippen molar-refractivity contribution in [1.29, 1.82) is 0 Å². The van der Waals surface area contributed by atoms with E-state index in [-0.39, 0.29) is 5.56 Å². The number of rotatable bonds is 1. The Hall–Kier alpha value is -1.55. The van der Waals surface area contributed by atoms with Crippen LogP contribution in [-0.2, 0) is 0 Å². The molecule has 16 heavy (non-hydrogen) atoms. The van der Waals surface area contributed by atoms with Crippen LogP contribution in [-0.4, -0.2) is 4.57 Å². The highest BCUT2D eigenvalue weighted by molar-refractivity contribution is 9.10. The summed E-state index contributed by atoms with van der Waals surface area (Å²) in [6.45, 7) is 1.86. The van der Waals surface area contributed by atoms with Gasteiger partial charge in [0.1, 0.15) is 0 Å². The first-order valence-electron chi connectivity index (χ1n) is 4.83. The number of pyridine rings is 1. The smallest absolute Gasteiger partial charge is 0.257 e. The van der Waals surface area contributed by atoms with Gasteiger partial charge in [0.25, 0.3) is 5.56 Å². The summed E-state index contributed by atoms with van der Waals surface area (Å²) < 4.78 is 2.56. The van der Waals surface area contributed by atoms with Crippen molar-refractivity contribution in [2.75, 3.05) is 5.73 Å². The summed E-state index contributed by atoms with van der Waals surface area (Å²) in [5, 5.41) is 0. The van der Waals surface area contributed by atoms with Crippen LogP contribution in [0.15, 0.2) is 45.7 Å². The van der Waals surface area contributed by atoms with Crippen molar-refractivity contribution in [1.82, 2.24) is 4.57 Å². The van der Waals surface area contributed by atoms with Gasteiger partial charge in [-0.3, -0.25) is 9.36 Å². The van der Waals surface area contributed by atoms with Gasteiger partial charge in [-0.1, -0.05) is 22.0 Å². The first-order chi connectivity index (χ1) is 7.58. The summed E-state index contributed by atoms with van der Waals surface area (Å²) in [7, 11) is 0. The lowest BCUT2D eigenvalue weighted by molar-refractivity contribution is 0.936. The van der Waals surface area contributed by atoms with E-state index < -0.39 is 0 Å². The third kappa shape index (κ3) is 2.02. The largest absolute Gasteiger partial charge is 0.399 e. The number of hydrogen-bond acceptors (Lipinski definition) is 2. The molecule has 82 valence electrons. The Morgan fingerprint density at radius 1 is 1.25 bits per heavy atom. The second-order valence-corrected chi connectivity index (χ2v) is 4.50. The highest BCUT2D eigenvalue weighted by Crippen LogP contribution is 2.16. The van der Waals surface area contributed by atoms with Gasteiger partial charge in [0.2, 0.25) is 0 Å². The van der Waals surface area contributed by atoms with Gasteiger partial charge in [-0.15, -0.1) is 0 Å². The van der Waals surface area contributed by atoms with E-state index in [9.17, 15) is 4.79 Å². The molecule has 0 aliphatic rings. The Morgan fingerprint density at radius 3 is 2.62 bits per heavy atom. The van der Waals surface area contributed by atoms with E-state index in [1.54, 1.807) is 10.6 Å². The molecule has 4 heteroatoms. The number of halogens is 1. The number of aryl methyl sites for hydroxylation is 1. The third-order valence-corrected chi connectivity index (χ3v) is 2.80. The molecule has 2 N–H and O–H groups in total. The first-order valence-corrected chi connectivity index (χ1v) is 5.62. The lowest BCUT2D eigenvalue weighted by Crippen LogP contribution is -2.20. The van der Waals surface area contributed by atoms with Crippen LogP contribution >= 0.6 is 15.9 Å². The number of nitrogen functional groups attached to an aromatic ring is 1. The van der Waals surface area contributed by atoms with Crippen molar-refractivity contribution in [3.05, 3.63) is 56.9 Å². The maximum absolute atomic E-state index is 11.8. The van der Waals surface area contributed by atoms with Crippen molar-refractivity contribution >= 4 is 21.6 Å². The second-order valence-electron chi connectivity index (χ2n) is 3.58. The maximum Gasteiger partial charge on any atom is 0.257 e. The molecule has 0 saturated heterocycles. The molecular weight excluding hydrogens is 268 g/mol. The van der Waals surface area contributed by atoms with Gasteiger partial charge < -0.3 is 5.73 Å². The lowest BCUT2D eigenvalue weighted by Gasteiger charge is -2.10. The minimum absolute atomic E-state index is 0.115. The highest BCUT2D eigenvalue weighted by atomic mass is 79.9. The quantitative estimate of drug-likeness (QED) is 0.871. The van der Waals surface area contributed by atoms with E-state index in [1.165, 1.54) is 6.07 Å². The summed E-state index contributed by atoms with van der Waals surface area (Å²) in [6.07, 6.45) is 0. The zero-order chi connectivity index (χ0) is 11.7. The fourth-order valence-corrected chi connectivity index (χ4v) is 2.06. The average Bonchev–Trinajstić information content (AvgIpc) is 2.15. The predicted molar refractivity (Wildman–Crippen MR) is 68.9 cm³/mol. The molecule has 0 spiro atoms. The fraction of sp³-hybridized carbons (Fsp3) is 0.0833.